The molecule has 0 aliphatic carbocycles. The highest BCUT2D eigenvalue weighted by Gasteiger charge is 2.33. The molecule has 0 unspecified atom stereocenters. The summed E-state index contributed by atoms with van der Waals surface area (Å²) < 4.78 is 26.2. The first-order valence-corrected chi connectivity index (χ1v) is 13.6. The number of hydrogen-bond acceptors (Lipinski definition) is 5. The Labute approximate surface area is 197 Å². The maximum absolute atomic E-state index is 13.1. The van der Waals surface area contributed by atoms with Gasteiger partial charge in [-0.15, -0.1) is 11.3 Å². The van der Waals surface area contributed by atoms with Crippen LogP contribution in [-0.4, -0.2) is 31.7 Å². The number of piperidine rings is 1. The minimum atomic E-state index is -3.53. The van der Waals surface area contributed by atoms with Gasteiger partial charge in [0, 0.05) is 24.0 Å². The molecule has 1 aliphatic rings. The minimum absolute atomic E-state index is 0.112. The molecule has 0 bridgehead atoms. The second-order valence-electron chi connectivity index (χ2n) is 7.75. The van der Waals surface area contributed by atoms with Crippen molar-refractivity contribution in [3.05, 3.63) is 63.5 Å². The smallest absolute Gasteiger partial charge is 0.185 e. The van der Waals surface area contributed by atoms with Gasteiger partial charge in [-0.1, -0.05) is 66.9 Å². The topological polar surface area (TPSA) is 50.3 Å². The Hall–Kier alpha value is -1.60. The van der Waals surface area contributed by atoms with Crippen LogP contribution >= 0.6 is 34.5 Å². The van der Waals surface area contributed by atoms with Crippen LogP contribution in [0.15, 0.2) is 52.7 Å². The van der Waals surface area contributed by atoms with E-state index in [9.17, 15) is 8.42 Å². The Balaban J connectivity index is 1.44. The Bertz CT molecular complexity index is 1150. The minimum Gasteiger partial charge on any atom is -0.348 e. The van der Waals surface area contributed by atoms with Crippen molar-refractivity contribution in [2.24, 2.45) is 0 Å². The quantitative estimate of drug-likeness (QED) is 0.391. The Morgan fingerprint density at radius 3 is 2.48 bits per heavy atom. The van der Waals surface area contributed by atoms with Gasteiger partial charge in [0.05, 0.1) is 25.9 Å². The second-order valence-corrected chi connectivity index (χ2v) is 11.6. The van der Waals surface area contributed by atoms with Gasteiger partial charge < -0.3 is 4.90 Å². The first-order chi connectivity index (χ1) is 14.9. The van der Waals surface area contributed by atoms with Gasteiger partial charge in [-0.3, -0.25) is 0 Å². The van der Waals surface area contributed by atoms with Crippen LogP contribution in [-0.2, 0) is 16.3 Å². The average Bonchev–Trinajstić information content (AvgIpc) is 3.27. The molecule has 3 aromatic rings. The Morgan fingerprint density at radius 1 is 1.10 bits per heavy atom. The third-order valence-corrected chi connectivity index (χ3v) is 9.79. The van der Waals surface area contributed by atoms with Crippen LogP contribution in [0, 0.1) is 0 Å². The van der Waals surface area contributed by atoms with Crippen molar-refractivity contribution >= 4 is 49.5 Å². The van der Waals surface area contributed by atoms with Gasteiger partial charge in [-0.2, -0.15) is 0 Å². The van der Waals surface area contributed by atoms with Crippen LogP contribution in [0.5, 0.6) is 0 Å². The normalized spacial score (nSPS) is 15.4. The average molecular weight is 495 g/mol. The summed E-state index contributed by atoms with van der Waals surface area (Å²) in [5.74, 6) is 0. The van der Waals surface area contributed by atoms with E-state index in [0.29, 0.717) is 25.9 Å². The summed E-state index contributed by atoms with van der Waals surface area (Å²) in [6.45, 7) is 3.47. The molecule has 0 saturated carbocycles. The van der Waals surface area contributed by atoms with E-state index in [-0.39, 0.29) is 14.9 Å². The van der Waals surface area contributed by atoms with Crippen molar-refractivity contribution in [3.63, 3.8) is 0 Å². The van der Waals surface area contributed by atoms with Gasteiger partial charge in [0.25, 0.3) is 0 Å². The molecule has 1 aromatic heterocycles. The maximum Gasteiger partial charge on any atom is 0.185 e. The standard InChI is InChI=1S/C23H24Cl2N2O2S2/c1-2-4-16-7-9-17(10-8-16)20-15-30-23(26-20)27-13-11-18(12-14-27)31(28,29)21-6-3-5-19(24)22(21)25/h3,5-10,15,18H,2,4,11-14H2,1H3. The highest BCUT2D eigenvalue weighted by atomic mass is 35.5. The van der Waals surface area contributed by atoms with Gasteiger partial charge in [-0.05, 0) is 37.0 Å². The molecule has 0 radical (unpaired) electrons. The summed E-state index contributed by atoms with van der Waals surface area (Å²) >= 11 is 13.8. The molecule has 0 amide bonds. The number of hydrogen-bond donors (Lipinski definition) is 0. The number of rotatable bonds is 6. The first-order valence-electron chi connectivity index (χ1n) is 10.4. The van der Waals surface area contributed by atoms with Crippen molar-refractivity contribution in [2.45, 2.75) is 42.8 Å². The lowest BCUT2D eigenvalue weighted by Gasteiger charge is -2.31. The molecule has 164 valence electrons. The van der Waals surface area contributed by atoms with Gasteiger partial charge in [0.15, 0.2) is 15.0 Å². The number of sulfone groups is 1. The molecule has 1 fully saturated rings. The third-order valence-electron chi connectivity index (χ3n) is 5.65. The van der Waals surface area contributed by atoms with Crippen molar-refractivity contribution in [2.75, 3.05) is 18.0 Å². The molecule has 1 saturated heterocycles. The van der Waals surface area contributed by atoms with Crippen molar-refractivity contribution in [3.8, 4) is 11.3 Å². The predicted molar refractivity (Wildman–Crippen MR) is 130 cm³/mol. The molecule has 2 heterocycles. The number of benzene rings is 2. The van der Waals surface area contributed by atoms with E-state index in [1.165, 1.54) is 11.6 Å². The van der Waals surface area contributed by atoms with E-state index in [2.05, 4.69) is 41.5 Å². The van der Waals surface area contributed by atoms with Gasteiger partial charge in [-0.25, -0.2) is 13.4 Å². The molecular formula is C23H24Cl2N2O2S2. The molecule has 0 atom stereocenters. The number of halogens is 2. The third kappa shape index (κ3) is 4.77. The molecule has 1 aliphatic heterocycles. The molecular weight excluding hydrogens is 471 g/mol. The predicted octanol–water partition coefficient (Wildman–Crippen LogP) is 6.51. The number of aromatic nitrogens is 1. The lowest BCUT2D eigenvalue weighted by Crippen LogP contribution is -2.39. The summed E-state index contributed by atoms with van der Waals surface area (Å²) in [7, 11) is -3.53. The van der Waals surface area contributed by atoms with Gasteiger partial charge >= 0.3 is 0 Å². The second kappa shape index (κ2) is 9.49. The summed E-state index contributed by atoms with van der Waals surface area (Å²) in [5.41, 5.74) is 3.41. The van der Waals surface area contributed by atoms with Gasteiger partial charge in [0.2, 0.25) is 0 Å². The number of thiazole rings is 1. The lowest BCUT2D eigenvalue weighted by molar-refractivity contribution is 0.529. The first kappa shape index (κ1) is 22.6. The zero-order valence-corrected chi connectivity index (χ0v) is 20.4. The monoisotopic (exact) mass is 494 g/mol. The van der Waals surface area contributed by atoms with Crippen molar-refractivity contribution in [1.82, 2.24) is 4.98 Å². The summed E-state index contributed by atoms with van der Waals surface area (Å²) in [4.78, 5) is 7.11. The van der Waals surface area contributed by atoms with Gasteiger partial charge in [0.1, 0.15) is 0 Å². The van der Waals surface area contributed by atoms with E-state index in [0.717, 1.165) is 29.2 Å². The number of nitrogens with zero attached hydrogens (tertiary/aromatic N) is 2. The van der Waals surface area contributed by atoms with E-state index < -0.39 is 15.1 Å². The van der Waals surface area contributed by atoms with E-state index >= 15 is 0 Å². The van der Waals surface area contributed by atoms with E-state index in [1.807, 2.05) is 0 Å². The zero-order valence-electron chi connectivity index (χ0n) is 17.2. The van der Waals surface area contributed by atoms with Crippen molar-refractivity contribution < 1.29 is 8.42 Å². The Morgan fingerprint density at radius 2 is 1.81 bits per heavy atom. The zero-order chi connectivity index (χ0) is 22.0. The fourth-order valence-electron chi connectivity index (χ4n) is 3.91. The number of anilines is 1. The lowest BCUT2D eigenvalue weighted by atomic mass is 10.1. The molecule has 4 rings (SSSR count). The maximum atomic E-state index is 13.1. The van der Waals surface area contributed by atoms with Crippen LogP contribution in [0.1, 0.15) is 31.7 Å². The molecule has 4 nitrogen and oxygen atoms in total. The molecule has 8 heteroatoms. The highest BCUT2D eigenvalue weighted by molar-refractivity contribution is 7.92. The molecule has 2 aromatic carbocycles. The summed E-state index contributed by atoms with van der Waals surface area (Å²) in [6.07, 6.45) is 3.29. The largest absolute Gasteiger partial charge is 0.348 e. The SMILES string of the molecule is CCCc1ccc(-c2csc(N3CCC(S(=O)(=O)c4cccc(Cl)c4Cl)CC3)n2)cc1. The van der Waals surface area contributed by atoms with Crippen LogP contribution < -0.4 is 4.90 Å². The summed E-state index contributed by atoms with van der Waals surface area (Å²) in [5, 5.41) is 2.91. The van der Waals surface area contributed by atoms with E-state index in [4.69, 9.17) is 28.2 Å². The highest BCUT2D eigenvalue weighted by Crippen LogP contribution is 2.35. The van der Waals surface area contributed by atoms with Crippen LogP contribution in [0.2, 0.25) is 10.0 Å². The van der Waals surface area contributed by atoms with Crippen LogP contribution in [0.3, 0.4) is 0 Å². The van der Waals surface area contributed by atoms with E-state index in [1.54, 1.807) is 23.5 Å². The van der Waals surface area contributed by atoms with Crippen LogP contribution in [0.4, 0.5) is 5.13 Å². The Kier molecular flexibility index (Phi) is 6.92. The van der Waals surface area contributed by atoms with Crippen molar-refractivity contribution in [1.29, 1.82) is 0 Å². The number of aryl methyl sites for hydroxylation is 1. The molecule has 0 spiro atoms. The molecule has 0 N–H and O–H groups in total. The summed E-state index contributed by atoms with van der Waals surface area (Å²) in [6, 6.07) is 13.3. The fraction of sp³-hybridized carbons (Fsp3) is 0.348. The molecule has 31 heavy (non-hydrogen) atoms. The van der Waals surface area contributed by atoms with Crippen LogP contribution in [0.25, 0.3) is 11.3 Å². The fourth-order valence-corrected chi connectivity index (χ4v) is 7.30.